The number of rotatable bonds is 2. The Hall–Kier alpha value is -2.52. The number of nitro groups is 1. The highest BCUT2D eigenvalue weighted by Gasteiger charge is 2.14. The van der Waals surface area contributed by atoms with Crippen molar-refractivity contribution >= 4 is 17.6 Å². The number of nitro benzene ring substituents is 1. The summed E-state index contributed by atoms with van der Waals surface area (Å²) in [6.07, 6.45) is 0. The monoisotopic (exact) mass is 297 g/mol. The molecule has 21 heavy (non-hydrogen) atoms. The van der Waals surface area contributed by atoms with Crippen LogP contribution in [0.4, 0.5) is 5.69 Å². The fraction of sp³-hybridized carbons (Fsp3) is 0.333. The van der Waals surface area contributed by atoms with Crippen LogP contribution in [0.1, 0.15) is 11.6 Å². The highest BCUT2D eigenvalue weighted by molar-refractivity contribution is 6.27. The van der Waals surface area contributed by atoms with Crippen LogP contribution in [0.2, 0.25) is 0 Å². The maximum atomic E-state index is 10.5. The Morgan fingerprint density at radius 1 is 1.14 bits per heavy atom. The van der Waals surface area contributed by atoms with Crippen LogP contribution < -0.4 is 10.6 Å². The molecule has 1 aromatic rings. The van der Waals surface area contributed by atoms with Gasteiger partial charge < -0.3 is 20.8 Å². The van der Waals surface area contributed by atoms with Crippen molar-refractivity contribution in [1.82, 2.24) is 10.6 Å². The summed E-state index contributed by atoms with van der Waals surface area (Å²) in [4.78, 5) is 28.3. The number of piperazine rings is 1. The van der Waals surface area contributed by atoms with E-state index in [1.54, 1.807) is 12.1 Å². The number of nitrogens with zero attached hydrogens (tertiary/aromatic N) is 1. The molecular formula is C12H15N3O6. The molecule has 1 aliphatic heterocycles. The van der Waals surface area contributed by atoms with Crippen molar-refractivity contribution in [3.8, 4) is 0 Å². The van der Waals surface area contributed by atoms with Crippen molar-refractivity contribution in [1.29, 1.82) is 0 Å². The second kappa shape index (κ2) is 7.92. The number of non-ortho nitro benzene ring substituents is 1. The Labute approximate surface area is 119 Å². The molecule has 0 amide bonds. The number of carbonyl (C=O) groups is 2. The first-order valence-electron chi connectivity index (χ1n) is 6.06. The van der Waals surface area contributed by atoms with Gasteiger partial charge in [0.1, 0.15) is 0 Å². The predicted molar refractivity (Wildman–Crippen MR) is 72.0 cm³/mol. The van der Waals surface area contributed by atoms with Crippen LogP contribution in [0.5, 0.6) is 0 Å². The van der Waals surface area contributed by atoms with E-state index in [0.717, 1.165) is 25.2 Å². The van der Waals surface area contributed by atoms with Crippen molar-refractivity contribution in [2.45, 2.75) is 6.04 Å². The zero-order valence-corrected chi connectivity index (χ0v) is 11.0. The lowest BCUT2D eigenvalue weighted by molar-refractivity contribution is -0.384. The Morgan fingerprint density at radius 3 is 2.10 bits per heavy atom. The summed E-state index contributed by atoms with van der Waals surface area (Å²) in [6.45, 7) is 2.78. The van der Waals surface area contributed by atoms with E-state index >= 15 is 0 Å². The first-order chi connectivity index (χ1) is 9.91. The van der Waals surface area contributed by atoms with Gasteiger partial charge in [0, 0.05) is 37.8 Å². The zero-order valence-electron chi connectivity index (χ0n) is 11.0. The van der Waals surface area contributed by atoms with Crippen molar-refractivity contribution in [3.05, 3.63) is 39.9 Å². The fourth-order valence-corrected chi connectivity index (χ4v) is 1.72. The number of benzene rings is 1. The molecule has 1 unspecified atom stereocenters. The van der Waals surface area contributed by atoms with E-state index in [1.165, 1.54) is 0 Å². The van der Waals surface area contributed by atoms with Crippen LogP contribution >= 0.6 is 0 Å². The van der Waals surface area contributed by atoms with Gasteiger partial charge in [-0.05, 0) is 5.56 Å². The van der Waals surface area contributed by atoms with Crippen LogP contribution in [0.25, 0.3) is 0 Å². The fourth-order valence-electron chi connectivity index (χ4n) is 1.72. The summed E-state index contributed by atoms with van der Waals surface area (Å²) in [5.41, 5.74) is 1.23. The third-order valence-electron chi connectivity index (χ3n) is 2.73. The van der Waals surface area contributed by atoms with E-state index < -0.39 is 11.9 Å². The van der Waals surface area contributed by atoms with Gasteiger partial charge in [-0.2, -0.15) is 0 Å². The molecule has 0 radical (unpaired) electrons. The Bertz CT molecular complexity index is 498. The van der Waals surface area contributed by atoms with E-state index in [4.69, 9.17) is 19.8 Å². The van der Waals surface area contributed by atoms with E-state index in [9.17, 15) is 10.1 Å². The van der Waals surface area contributed by atoms with Gasteiger partial charge in [-0.3, -0.25) is 10.1 Å². The molecule has 9 nitrogen and oxygen atoms in total. The number of carboxylic acids is 2. The number of nitrogens with one attached hydrogen (secondary N) is 2. The third-order valence-corrected chi connectivity index (χ3v) is 2.73. The second-order valence-electron chi connectivity index (χ2n) is 4.17. The van der Waals surface area contributed by atoms with Crippen molar-refractivity contribution in [2.75, 3.05) is 19.6 Å². The summed E-state index contributed by atoms with van der Waals surface area (Å²) in [5, 5.41) is 31.9. The second-order valence-corrected chi connectivity index (χ2v) is 4.17. The van der Waals surface area contributed by atoms with Crippen LogP contribution in [0.3, 0.4) is 0 Å². The molecule has 1 aliphatic rings. The van der Waals surface area contributed by atoms with Gasteiger partial charge in [0.15, 0.2) is 0 Å². The lowest BCUT2D eigenvalue weighted by atomic mass is 10.1. The van der Waals surface area contributed by atoms with Crippen LogP contribution in [-0.2, 0) is 9.59 Å². The molecule has 0 aliphatic carbocycles. The summed E-state index contributed by atoms with van der Waals surface area (Å²) >= 11 is 0. The summed E-state index contributed by atoms with van der Waals surface area (Å²) in [6, 6.07) is 6.97. The summed E-state index contributed by atoms with van der Waals surface area (Å²) < 4.78 is 0. The Kier molecular flexibility index (Phi) is 6.24. The van der Waals surface area contributed by atoms with E-state index in [2.05, 4.69) is 10.6 Å². The van der Waals surface area contributed by atoms with Gasteiger partial charge in [-0.1, -0.05) is 12.1 Å². The zero-order chi connectivity index (χ0) is 15.8. The minimum atomic E-state index is -1.82. The summed E-state index contributed by atoms with van der Waals surface area (Å²) in [5.74, 6) is -3.65. The highest BCUT2D eigenvalue weighted by Crippen LogP contribution is 2.18. The number of carboxylic acid groups (broad SMARTS) is 2. The maximum Gasteiger partial charge on any atom is 0.414 e. The molecule has 0 bridgehead atoms. The Balaban J connectivity index is 0.000000315. The first kappa shape index (κ1) is 16.5. The van der Waals surface area contributed by atoms with Crippen LogP contribution in [0.15, 0.2) is 24.3 Å². The number of hydrogen-bond acceptors (Lipinski definition) is 6. The average Bonchev–Trinajstić information content (AvgIpc) is 2.49. The average molecular weight is 297 g/mol. The minimum absolute atomic E-state index is 0.141. The summed E-state index contributed by atoms with van der Waals surface area (Å²) in [7, 11) is 0. The molecule has 9 heteroatoms. The van der Waals surface area contributed by atoms with Crippen LogP contribution in [-0.4, -0.2) is 46.7 Å². The van der Waals surface area contributed by atoms with Crippen molar-refractivity contribution < 1.29 is 24.7 Å². The SMILES string of the molecule is O=C(O)C(=O)O.O=[N+]([O-])c1ccc(C2CNCCN2)cc1. The molecule has 2 rings (SSSR count). The quantitative estimate of drug-likeness (QED) is 0.339. The van der Waals surface area contributed by atoms with Gasteiger partial charge >= 0.3 is 11.9 Å². The molecule has 0 aromatic heterocycles. The predicted octanol–water partition coefficient (Wildman–Crippen LogP) is -0.0157. The molecule has 0 spiro atoms. The molecule has 1 aromatic carbocycles. The maximum absolute atomic E-state index is 10.5. The van der Waals surface area contributed by atoms with Crippen LogP contribution in [0, 0.1) is 10.1 Å². The third kappa shape index (κ3) is 5.55. The standard InChI is InChI=1S/C10H13N3O2.C2H2O4/c14-13(15)9-3-1-8(2-4-9)10-7-11-5-6-12-10;3-1(4)2(5)6/h1-4,10-12H,5-7H2;(H,3,4)(H,5,6). The molecular weight excluding hydrogens is 282 g/mol. The highest BCUT2D eigenvalue weighted by atomic mass is 16.6. The van der Waals surface area contributed by atoms with E-state index in [-0.39, 0.29) is 16.7 Å². The molecule has 1 fully saturated rings. The molecule has 1 heterocycles. The van der Waals surface area contributed by atoms with E-state index in [0.29, 0.717) is 0 Å². The topological polar surface area (TPSA) is 142 Å². The van der Waals surface area contributed by atoms with Gasteiger partial charge in [-0.15, -0.1) is 0 Å². The van der Waals surface area contributed by atoms with Gasteiger partial charge in [0.05, 0.1) is 4.92 Å². The lowest BCUT2D eigenvalue weighted by Gasteiger charge is -2.24. The van der Waals surface area contributed by atoms with Crippen molar-refractivity contribution in [3.63, 3.8) is 0 Å². The lowest BCUT2D eigenvalue weighted by Crippen LogP contribution is -2.42. The normalized spacial score (nSPS) is 17.2. The first-order valence-corrected chi connectivity index (χ1v) is 6.06. The smallest absolute Gasteiger partial charge is 0.414 e. The number of hydrogen-bond donors (Lipinski definition) is 4. The van der Waals surface area contributed by atoms with E-state index in [1.807, 2.05) is 12.1 Å². The Morgan fingerprint density at radius 2 is 1.71 bits per heavy atom. The minimum Gasteiger partial charge on any atom is -0.473 e. The number of aliphatic carboxylic acids is 2. The molecule has 1 atom stereocenters. The van der Waals surface area contributed by atoms with Gasteiger partial charge in [-0.25, -0.2) is 9.59 Å². The largest absolute Gasteiger partial charge is 0.473 e. The molecule has 0 saturated carbocycles. The molecule has 4 N–H and O–H groups in total. The van der Waals surface area contributed by atoms with Crippen molar-refractivity contribution in [2.24, 2.45) is 0 Å². The molecule has 1 saturated heterocycles. The van der Waals surface area contributed by atoms with Gasteiger partial charge in [0.25, 0.3) is 5.69 Å². The molecule has 114 valence electrons. The van der Waals surface area contributed by atoms with Gasteiger partial charge in [0.2, 0.25) is 0 Å².